The molecule has 2 N–H and O–H groups in total. The molecule has 26 heavy (non-hydrogen) atoms. The SMILES string of the molecule is COc1ccc(OC)c(Nc2cc(C)nc(Nc3cccc(F)c3)n2)c1. The first-order chi connectivity index (χ1) is 12.6. The molecule has 1 aromatic heterocycles. The van der Waals surface area contributed by atoms with Gasteiger partial charge in [0.25, 0.3) is 0 Å². The van der Waals surface area contributed by atoms with E-state index in [1.54, 1.807) is 38.5 Å². The molecule has 0 aliphatic rings. The van der Waals surface area contributed by atoms with E-state index in [4.69, 9.17) is 9.47 Å². The van der Waals surface area contributed by atoms with Crippen LogP contribution < -0.4 is 20.1 Å². The number of benzene rings is 2. The summed E-state index contributed by atoms with van der Waals surface area (Å²) in [6.45, 7) is 1.85. The zero-order valence-corrected chi connectivity index (χ0v) is 14.7. The highest BCUT2D eigenvalue weighted by Gasteiger charge is 2.09. The molecule has 3 aromatic rings. The average Bonchev–Trinajstić information content (AvgIpc) is 2.61. The van der Waals surface area contributed by atoms with Gasteiger partial charge in [0, 0.05) is 23.5 Å². The number of halogens is 1. The highest BCUT2D eigenvalue weighted by Crippen LogP contribution is 2.31. The van der Waals surface area contributed by atoms with Gasteiger partial charge in [-0.05, 0) is 37.3 Å². The second kappa shape index (κ2) is 7.69. The van der Waals surface area contributed by atoms with Crippen LogP contribution in [0, 0.1) is 12.7 Å². The molecule has 0 unspecified atom stereocenters. The van der Waals surface area contributed by atoms with E-state index in [1.165, 1.54) is 12.1 Å². The van der Waals surface area contributed by atoms with Crippen LogP contribution in [-0.2, 0) is 0 Å². The van der Waals surface area contributed by atoms with Gasteiger partial charge in [-0.3, -0.25) is 0 Å². The lowest BCUT2D eigenvalue weighted by Gasteiger charge is -2.13. The Kier molecular flexibility index (Phi) is 5.17. The Bertz CT molecular complexity index is 918. The lowest BCUT2D eigenvalue weighted by Crippen LogP contribution is -2.03. The van der Waals surface area contributed by atoms with E-state index in [0.29, 0.717) is 34.6 Å². The molecular weight excluding hydrogens is 335 g/mol. The molecule has 3 rings (SSSR count). The van der Waals surface area contributed by atoms with Gasteiger partial charge in [-0.15, -0.1) is 0 Å². The fraction of sp³-hybridized carbons (Fsp3) is 0.158. The topological polar surface area (TPSA) is 68.3 Å². The summed E-state index contributed by atoms with van der Waals surface area (Å²) in [6, 6.07) is 13.4. The Balaban J connectivity index is 1.88. The number of hydrogen-bond donors (Lipinski definition) is 2. The van der Waals surface area contributed by atoms with Crippen molar-refractivity contribution in [2.75, 3.05) is 24.9 Å². The van der Waals surface area contributed by atoms with Crippen molar-refractivity contribution in [3.05, 3.63) is 60.0 Å². The Morgan fingerprint density at radius 2 is 1.77 bits per heavy atom. The minimum Gasteiger partial charge on any atom is -0.497 e. The van der Waals surface area contributed by atoms with Crippen LogP contribution in [0.25, 0.3) is 0 Å². The molecule has 7 heteroatoms. The molecular formula is C19H19FN4O2. The average molecular weight is 354 g/mol. The highest BCUT2D eigenvalue weighted by atomic mass is 19.1. The predicted molar refractivity (Wildman–Crippen MR) is 99.3 cm³/mol. The first-order valence-corrected chi connectivity index (χ1v) is 7.94. The largest absolute Gasteiger partial charge is 0.497 e. The first kappa shape index (κ1) is 17.5. The second-order valence-electron chi connectivity index (χ2n) is 5.54. The predicted octanol–water partition coefficient (Wildman–Crippen LogP) is 4.43. The van der Waals surface area contributed by atoms with Crippen LogP contribution in [0.5, 0.6) is 11.5 Å². The zero-order valence-electron chi connectivity index (χ0n) is 14.7. The Morgan fingerprint density at radius 3 is 2.50 bits per heavy atom. The number of ether oxygens (including phenoxy) is 2. The molecule has 1 heterocycles. The second-order valence-corrected chi connectivity index (χ2v) is 5.54. The van der Waals surface area contributed by atoms with Gasteiger partial charge in [-0.2, -0.15) is 4.98 Å². The molecule has 0 atom stereocenters. The Labute approximate surface area is 151 Å². The summed E-state index contributed by atoms with van der Waals surface area (Å²) < 4.78 is 24.0. The molecule has 0 fully saturated rings. The van der Waals surface area contributed by atoms with Crippen LogP contribution in [0.15, 0.2) is 48.5 Å². The van der Waals surface area contributed by atoms with Crippen molar-refractivity contribution in [1.82, 2.24) is 9.97 Å². The van der Waals surface area contributed by atoms with Gasteiger partial charge in [0.15, 0.2) is 0 Å². The van der Waals surface area contributed by atoms with Gasteiger partial charge in [0.2, 0.25) is 5.95 Å². The lowest BCUT2D eigenvalue weighted by atomic mass is 10.2. The summed E-state index contributed by atoms with van der Waals surface area (Å²) in [6.07, 6.45) is 0. The molecule has 0 bridgehead atoms. The van der Waals surface area contributed by atoms with Crippen molar-refractivity contribution in [1.29, 1.82) is 0 Å². The number of anilines is 4. The molecule has 0 saturated heterocycles. The van der Waals surface area contributed by atoms with Gasteiger partial charge >= 0.3 is 0 Å². The van der Waals surface area contributed by atoms with Crippen molar-refractivity contribution >= 4 is 23.1 Å². The molecule has 6 nitrogen and oxygen atoms in total. The maximum absolute atomic E-state index is 13.4. The monoisotopic (exact) mass is 354 g/mol. The quantitative estimate of drug-likeness (QED) is 0.683. The number of aryl methyl sites for hydroxylation is 1. The molecule has 0 saturated carbocycles. The molecule has 0 spiro atoms. The third kappa shape index (κ3) is 4.18. The van der Waals surface area contributed by atoms with E-state index in [0.717, 1.165) is 5.69 Å². The molecule has 0 amide bonds. The summed E-state index contributed by atoms with van der Waals surface area (Å²) in [5, 5.41) is 6.21. The van der Waals surface area contributed by atoms with Crippen LogP contribution >= 0.6 is 0 Å². The number of hydrogen-bond acceptors (Lipinski definition) is 6. The van der Waals surface area contributed by atoms with E-state index in [9.17, 15) is 4.39 Å². The molecule has 134 valence electrons. The summed E-state index contributed by atoms with van der Waals surface area (Å²) in [5.41, 5.74) is 2.03. The van der Waals surface area contributed by atoms with E-state index >= 15 is 0 Å². The number of nitrogens with zero attached hydrogens (tertiary/aromatic N) is 2. The Hall–Kier alpha value is -3.35. The van der Waals surface area contributed by atoms with Crippen molar-refractivity contribution < 1.29 is 13.9 Å². The summed E-state index contributed by atoms with van der Waals surface area (Å²) in [5.74, 6) is 1.95. The molecule has 0 radical (unpaired) electrons. The number of rotatable bonds is 6. The summed E-state index contributed by atoms with van der Waals surface area (Å²) in [7, 11) is 3.19. The van der Waals surface area contributed by atoms with Crippen LogP contribution in [0.1, 0.15) is 5.69 Å². The normalized spacial score (nSPS) is 10.3. The standard InChI is InChI=1S/C19H19FN4O2/c1-12-9-18(23-16-11-15(25-2)7-8-17(16)26-3)24-19(21-12)22-14-6-4-5-13(20)10-14/h4-11H,1-3H3,(H2,21,22,23,24). The smallest absolute Gasteiger partial charge is 0.229 e. The number of nitrogens with one attached hydrogen (secondary N) is 2. The van der Waals surface area contributed by atoms with E-state index in [-0.39, 0.29) is 5.82 Å². The molecule has 0 aliphatic carbocycles. The van der Waals surface area contributed by atoms with Gasteiger partial charge in [0.05, 0.1) is 19.9 Å². The van der Waals surface area contributed by atoms with Gasteiger partial charge in [0.1, 0.15) is 23.1 Å². The van der Waals surface area contributed by atoms with E-state index < -0.39 is 0 Å². The van der Waals surface area contributed by atoms with Gasteiger partial charge in [-0.25, -0.2) is 9.37 Å². The van der Waals surface area contributed by atoms with E-state index in [1.807, 2.05) is 19.1 Å². The zero-order chi connectivity index (χ0) is 18.5. The first-order valence-electron chi connectivity index (χ1n) is 7.94. The minimum atomic E-state index is -0.331. The number of methoxy groups -OCH3 is 2. The fourth-order valence-electron chi connectivity index (χ4n) is 2.43. The highest BCUT2D eigenvalue weighted by molar-refractivity contribution is 5.67. The summed E-state index contributed by atoms with van der Waals surface area (Å²) in [4.78, 5) is 8.77. The van der Waals surface area contributed by atoms with Crippen LogP contribution in [0.2, 0.25) is 0 Å². The van der Waals surface area contributed by atoms with Crippen molar-refractivity contribution in [3.63, 3.8) is 0 Å². The third-order valence-electron chi connectivity index (χ3n) is 3.60. The van der Waals surface area contributed by atoms with Crippen molar-refractivity contribution in [2.24, 2.45) is 0 Å². The van der Waals surface area contributed by atoms with Crippen LogP contribution in [-0.4, -0.2) is 24.2 Å². The van der Waals surface area contributed by atoms with Gasteiger partial charge < -0.3 is 20.1 Å². The van der Waals surface area contributed by atoms with Crippen LogP contribution in [0.3, 0.4) is 0 Å². The van der Waals surface area contributed by atoms with Crippen LogP contribution in [0.4, 0.5) is 27.5 Å². The van der Waals surface area contributed by atoms with Gasteiger partial charge in [-0.1, -0.05) is 6.07 Å². The maximum atomic E-state index is 13.4. The third-order valence-corrected chi connectivity index (χ3v) is 3.60. The minimum absolute atomic E-state index is 0.331. The Morgan fingerprint density at radius 1 is 0.923 bits per heavy atom. The van der Waals surface area contributed by atoms with Crippen molar-refractivity contribution in [2.45, 2.75) is 6.92 Å². The number of aromatic nitrogens is 2. The van der Waals surface area contributed by atoms with E-state index in [2.05, 4.69) is 20.6 Å². The fourth-order valence-corrected chi connectivity index (χ4v) is 2.43. The molecule has 2 aromatic carbocycles. The lowest BCUT2D eigenvalue weighted by molar-refractivity contribution is 0.405. The maximum Gasteiger partial charge on any atom is 0.229 e. The molecule has 0 aliphatic heterocycles. The van der Waals surface area contributed by atoms with Crippen molar-refractivity contribution in [3.8, 4) is 11.5 Å². The summed E-state index contributed by atoms with van der Waals surface area (Å²) >= 11 is 0.